The lowest BCUT2D eigenvalue weighted by Crippen LogP contribution is -2.29. The number of nitrogens with two attached hydrogens (primary N) is 1. The Bertz CT molecular complexity index is 3520. The largest absolute Gasteiger partial charge is 0.508 e. The van der Waals surface area contributed by atoms with Crippen LogP contribution in [0.15, 0.2) is 182 Å². The van der Waals surface area contributed by atoms with E-state index in [0.717, 1.165) is 35.8 Å². The summed E-state index contributed by atoms with van der Waals surface area (Å²) in [6.45, 7) is 9.71. The van der Waals surface area contributed by atoms with Gasteiger partial charge in [0.1, 0.15) is 11.5 Å². The van der Waals surface area contributed by atoms with Gasteiger partial charge in [0.2, 0.25) is 0 Å². The second-order valence-electron chi connectivity index (χ2n) is 21.5. The number of hydrogen-bond acceptors (Lipinski definition) is 7. The number of anilines is 4. The zero-order chi connectivity index (χ0) is 56.3. The van der Waals surface area contributed by atoms with E-state index in [0.29, 0.717) is 12.3 Å². The number of ether oxygens (including phenoxy) is 1. The number of rotatable bonds is 12. The highest BCUT2D eigenvalue weighted by Gasteiger charge is 2.12. The average Bonchev–Trinajstić information content (AvgIpc) is 3.47. The first-order valence-corrected chi connectivity index (χ1v) is 28.6. The van der Waals surface area contributed by atoms with E-state index < -0.39 is 0 Å². The van der Waals surface area contributed by atoms with Crippen LogP contribution < -0.4 is 30.1 Å². The minimum atomic E-state index is 0.309. The van der Waals surface area contributed by atoms with Gasteiger partial charge in [-0.1, -0.05) is 143 Å². The number of aromatic hydroxyl groups is 1. The van der Waals surface area contributed by atoms with Crippen molar-refractivity contribution in [2.75, 3.05) is 88.6 Å². The van der Waals surface area contributed by atoms with Crippen molar-refractivity contribution in [2.45, 2.75) is 78.6 Å². The van der Waals surface area contributed by atoms with Crippen LogP contribution in [-0.4, -0.2) is 74.1 Å². The van der Waals surface area contributed by atoms with Gasteiger partial charge in [-0.2, -0.15) is 0 Å². The molecule has 7 heteroatoms. The van der Waals surface area contributed by atoms with Gasteiger partial charge in [0, 0.05) is 78.1 Å². The Balaban J connectivity index is 0.000000144. The van der Waals surface area contributed by atoms with Gasteiger partial charge in [-0.25, -0.2) is 0 Å². The van der Waals surface area contributed by atoms with Crippen LogP contribution in [0.3, 0.4) is 0 Å². The Morgan fingerprint density at radius 1 is 0.405 bits per heavy atom. The average molecular weight is 1050 g/mol. The Morgan fingerprint density at radius 3 is 1.22 bits per heavy atom. The van der Waals surface area contributed by atoms with Gasteiger partial charge < -0.3 is 35.2 Å². The summed E-state index contributed by atoms with van der Waals surface area (Å²) in [5, 5.41) is 22.0. The van der Waals surface area contributed by atoms with Crippen LogP contribution >= 0.6 is 0 Å². The molecule has 0 aromatic heterocycles. The molecular formula is C72H87N5O2. The fraction of sp³-hybridized carbons (Fsp3) is 0.306. The predicted octanol–water partition coefficient (Wildman–Crippen LogP) is 17.1. The van der Waals surface area contributed by atoms with Gasteiger partial charge in [-0.05, 0) is 200 Å². The monoisotopic (exact) mass is 1050 g/mol. The van der Waals surface area contributed by atoms with Crippen LogP contribution in [0.1, 0.15) is 75.1 Å². The van der Waals surface area contributed by atoms with Crippen molar-refractivity contribution in [3.05, 3.63) is 204 Å². The summed E-state index contributed by atoms with van der Waals surface area (Å²) in [6, 6.07) is 64.6. The molecule has 10 aromatic rings. The zero-order valence-electron chi connectivity index (χ0n) is 49.0. The van der Waals surface area contributed by atoms with E-state index in [1.54, 1.807) is 19.2 Å². The van der Waals surface area contributed by atoms with Gasteiger partial charge in [-0.3, -0.25) is 0 Å². The number of piperidine rings is 1. The number of hydrogen-bond donors (Lipinski definition) is 2. The van der Waals surface area contributed by atoms with E-state index in [4.69, 9.17) is 10.5 Å². The van der Waals surface area contributed by atoms with Crippen LogP contribution in [0.4, 0.5) is 22.7 Å². The number of phenols is 1. The summed E-state index contributed by atoms with van der Waals surface area (Å²) < 4.78 is 5.20. The first kappa shape index (κ1) is 58.9. The number of aryl methyl sites for hydroxylation is 3. The molecule has 0 unspecified atom stereocenters. The molecule has 412 valence electrons. The first-order valence-electron chi connectivity index (χ1n) is 28.6. The minimum absolute atomic E-state index is 0.309. The molecule has 3 N–H and O–H groups in total. The molecule has 1 fully saturated rings. The topological polar surface area (TPSA) is 68.4 Å². The third kappa shape index (κ3) is 16.9. The lowest BCUT2D eigenvalue weighted by Gasteiger charge is -2.29. The molecule has 0 bridgehead atoms. The third-order valence-corrected chi connectivity index (χ3v) is 14.8. The summed E-state index contributed by atoms with van der Waals surface area (Å²) >= 11 is 0. The van der Waals surface area contributed by atoms with Gasteiger partial charge >= 0.3 is 0 Å². The van der Waals surface area contributed by atoms with Crippen LogP contribution in [0.2, 0.25) is 0 Å². The van der Waals surface area contributed by atoms with E-state index in [1.165, 1.54) is 140 Å². The fourth-order valence-electron chi connectivity index (χ4n) is 10.1. The maximum absolute atomic E-state index is 9.28. The standard InChI is InChI=1S/C17H22N2.C15H19N.C14H17N.C14H16O.C12H13NO/c1-18(2)16-8-6-15-13-17(9-7-14(15)12-16)19-10-4-3-5-11-19;1-4-5-12-6-7-14-11-15(16(2)3)9-8-13(14)10-12;1-4-11-5-6-13-10-14(15(2)3)8-7-12(13)9-11;1-3-4-11-5-6-13-10-14(15-2)8-7-12(13)9-11;13-6-5-9-1-2-11-8-12(14)4-3-10(11)7-9/h6-9,12-13H,3-5,10-11H2,1-2H3;6-11H,4-5H2,1-3H3;5-10H,4H2,1-3H3;5-10H,3-4H2,1-2H3;1-4,7-8,14H,5-6,13H2. The van der Waals surface area contributed by atoms with Crippen LogP contribution in [0.5, 0.6) is 11.5 Å². The molecule has 0 saturated carbocycles. The zero-order valence-corrected chi connectivity index (χ0v) is 49.0. The van der Waals surface area contributed by atoms with Crippen molar-refractivity contribution in [3.63, 3.8) is 0 Å². The molecule has 1 heterocycles. The Labute approximate surface area is 472 Å². The number of methoxy groups -OCH3 is 1. The van der Waals surface area contributed by atoms with E-state index in [2.05, 4.69) is 234 Å². The predicted molar refractivity (Wildman–Crippen MR) is 347 cm³/mol. The normalized spacial score (nSPS) is 11.9. The highest BCUT2D eigenvalue weighted by atomic mass is 16.5. The van der Waals surface area contributed by atoms with Crippen LogP contribution in [-0.2, 0) is 25.7 Å². The fourth-order valence-corrected chi connectivity index (χ4v) is 10.1. The van der Waals surface area contributed by atoms with E-state index in [9.17, 15) is 5.11 Å². The smallest absolute Gasteiger partial charge is 0.119 e. The second-order valence-corrected chi connectivity index (χ2v) is 21.5. The lowest BCUT2D eigenvalue weighted by molar-refractivity contribution is 0.415. The molecule has 1 aliphatic rings. The van der Waals surface area contributed by atoms with Crippen LogP contribution in [0, 0.1) is 0 Å². The Hall–Kier alpha value is -7.74. The van der Waals surface area contributed by atoms with Crippen molar-refractivity contribution in [1.29, 1.82) is 0 Å². The highest BCUT2D eigenvalue weighted by Crippen LogP contribution is 2.29. The first-order chi connectivity index (χ1) is 38.3. The summed E-state index contributed by atoms with van der Waals surface area (Å²) in [5.41, 5.74) is 16.1. The molecule has 1 saturated heterocycles. The van der Waals surface area contributed by atoms with Gasteiger partial charge in [0.25, 0.3) is 0 Å². The van der Waals surface area contributed by atoms with Crippen molar-refractivity contribution >= 4 is 76.6 Å². The number of benzene rings is 10. The van der Waals surface area contributed by atoms with E-state index >= 15 is 0 Å². The summed E-state index contributed by atoms with van der Waals surface area (Å²) in [7, 11) is 14.2. The van der Waals surface area contributed by atoms with Gasteiger partial charge in [0.15, 0.2) is 0 Å². The van der Waals surface area contributed by atoms with E-state index in [1.807, 2.05) is 18.2 Å². The van der Waals surface area contributed by atoms with Crippen LogP contribution in [0.25, 0.3) is 53.9 Å². The molecule has 0 amide bonds. The highest BCUT2D eigenvalue weighted by molar-refractivity contribution is 5.90. The second kappa shape index (κ2) is 29.3. The Kier molecular flexibility index (Phi) is 21.9. The molecule has 1 aliphatic heterocycles. The number of nitrogens with zero attached hydrogens (tertiary/aromatic N) is 4. The van der Waals surface area contributed by atoms with Gasteiger partial charge in [0.05, 0.1) is 7.11 Å². The molecule has 0 radical (unpaired) electrons. The van der Waals surface area contributed by atoms with Crippen molar-refractivity contribution in [1.82, 2.24) is 0 Å². The molecular weight excluding hydrogens is 967 g/mol. The Morgan fingerprint density at radius 2 is 0.772 bits per heavy atom. The number of phenolic OH excluding ortho intramolecular Hbond substituents is 1. The summed E-state index contributed by atoms with van der Waals surface area (Å²) in [5.74, 6) is 1.23. The van der Waals surface area contributed by atoms with Gasteiger partial charge in [-0.15, -0.1) is 0 Å². The molecule has 0 atom stereocenters. The van der Waals surface area contributed by atoms with Crippen molar-refractivity contribution in [3.8, 4) is 11.5 Å². The maximum atomic E-state index is 9.28. The molecule has 0 aliphatic carbocycles. The lowest BCUT2D eigenvalue weighted by atomic mass is 10.0. The SMILES string of the molecule is CCCc1ccc2cc(N(C)C)ccc2c1.CCCc1ccc2cc(OC)ccc2c1.CCc1ccc2cc(N(C)C)ccc2c1.CN(C)c1ccc2cc(N3CCCCC3)ccc2c1.NCCc1ccc2cc(O)ccc2c1. The molecule has 10 aromatic carbocycles. The number of fused-ring (bicyclic) bond motifs is 5. The maximum Gasteiger partial charge on any atom is 0.119 e. The molecule has 11 rings (SSSR count). The molecule has 79 heavy (non-hydrogen) atoms. The quantitative estimate of drug-likeness (QED) is 0.126. The van der Waals surface area contributed by atoms with E-state index in [-0.39, 0.29) is 0 Å². The molecule has 7 nitrogen and oxygen atoms in total. The minimum Gasteiger partial charge on any atom is -0.508 e. The van der Waals surface area contributed by atoms with Crippen molar-refractivity contribution < 1.29 is 9.84 Å². The third-order valence-electron chi connectivity index (χ3n) is 14.8. The van der Waals surface area contributed by atoms with Crippen molar-refractivity contribution in [2.24, 2.45) is 5.73 Å². The summed E-state index contributed by atoms with van der Waals surface area (Å²) in [4.78, 5) is 8.94. The molecule has 0 spiro atoms. The summed E-state index contributed by atoms with van der Waals surface area (Å²) in [6.07, 6.45) is 10.8.